The average Bonchev–Trinajstić information content (AvgIpc) is 2.84. The summed E-state index contributed by atoms with van der Waals surface area (Å²) in [4.78, 5) is 11.8. The monoisotopic (exact) mass is 244 g/mol. The molecule has 0 aromatic heterocycles. The molecule has 0 bridgehead atoms. The highest BCUT2D eigenvalue weighted by molar-refractivity contribution is 5.96. The fourth-order valence-corrected chi connectivity index (χ4v) is 1.68. The van der Waals surface area contributed by atoms with Gasteiger partial charge in [-0.2, -0.15) is 0 Å². The number of hydrogen-bond acceptors (Lipinski definition) is 3. The standard InChI is InChI=1S/C15H16O3/c1-15(17-11-12-18-15)14(16)10-6-5-9-13-7-3-2-4-8-13/h2-10H,11-12H2,1H3. The molecular formula is C15H16O3. The normalized spacial score (nSPS) is 18.7. The Hall–Kier alpha value is -1.71. The lowest BCUT2D eigenvalue weighted by atomic mass is 10.1. The summed E-state index contributed by atoms with van der Waals surface area (Å²) in [6.07, 6.45) is 6.93. The summed E-state index contributed by atoms with van der Waals surface area (Å²) in [5.74, 6) is -1.27. The van der Waals surface area contributed by atoms with Crippen molar-refractivity contribution in [1.82, 2.24) is 0 Å². The molecule has 1 aromatic rings. The van der Waals surface area contributed by atoms with Crippen LogP contribution >= 0.6 is 0 Å². The smallest absolute Gasteiger partial charge is 0.230 e. The van der Waals surface area contributed by atoms with E-state index in [4.69, 9.17) is 9.47 Å². The molecule has 1 aliphatic rings. The summed E-state index contributed by atoms with van der Waals surface area (Å²) < 4.78 is 10.5. The van der Waals surface area contributed by atoms with Crippen molar-refractivity contribution in [3.8, 4) is 0 Å². The molecule has 0 unspecified atom stereocenters. The van der Waals surface area contributed by atoms with E-state index in [9.17, 15) is 4.79 Å². The molecule has 18 heavy (non-hydrogen) atoms. The molecule has 0 spiro atoms. The number of benzene rings is 1. The summed E-state index contributed by atoms with van der Waals surface area (Å²) in [5.41, 5.74) is 1.09. The van der Waals surface area contributed by atoms with Gasteiger partial charge < -0.3 is 9.47 Å². The maximum absolute atomic E-state index is 11.8. The summed E-state index contributed by atoms with van der Waals surface area (Å²) in [6, 6.07) is 9.89. The molecule has 0 saturated carbocycles. The molecule has 3 heteroatoms. The molecule has 0 amide bonds. The fraction of sp³-hybridized carbons (Fsp3) is 0.267. The molecule has 94 valence electrons. The highest BCUT2D eigenvalue weighted by atomic mass is 16.7. The molecule has 3 nitrogen and oxygen atoms in total. The van der Waals surface area contributed by atoms with E-state index in [1.807, 2.05) is 42.5 Å². The van der Waals surface area contributed by atoms with E-state index >= 15 is 0 Å². The van der Waals surface area contributed by atoms with Crippen LogP contribution in [0.3, 0.4) is 0 Å². The van der Waals surface area contributed by atoms with Gasteiger partial charge in [0.2, 0.25) is 11.6 Å². The number of allylic oxidation sites excluding steroid dienone is 2. The Kier molecular flexibility index (Phi) is 4.07. The first kappa shape index (κ1) is 12.7. The molecule has 1 heterocycles. The Morgan fingerprint density at radius 1 is 1.17 bits per heavy atom. The third-order valence-corrected chi connectivity index (χ3v) is 2.73. The number of ether oxygens (including phenoxy) is 2. The van der Waals surface area contributed by atoms with Crippen molar-refractivity contribution in [1.29, 1.82) is 0 Å². The predicted octanol–water partition coefficient (Wildman–Crippen LogP) is 2.59. The van der Waals surface area contributed by atoms with Gasteiger partial charge in [-0.15, -0.1) is 0 Å². The van der Waals surface area contributed by atoms with Crippen LogP contribution in [0.25, 0.3) is 6.08 Å². The second kappa shape index (κ2) is 5.76. The zero-order valence-electron chi connectivity index (χ0n) is 10.3. The quantitative estimate of drug-likeness (QED) is 0.603. The van der Waals surface area contributed by atoms with Crippen molar-refractivity contribution in [2.75, 3.05) is 13.2 Å². The topological polar surface area (TPSA) is 35.5 Å². The van der Waals surface area contributed by atoms with Crippen LogP contribution in [0.15, 0.2) is 48.6 Å². The third-order valence-electron chi connectivity index (χ3n) is 2.73. The van der Waals surface area contributed by atoms with Crippen LogP contribution in [0, 0.1) is 0 Å². The van der Waals surface area contributed by atoms with E-state index in [0.717, 1.165) is 5.56 Å². The lowest BCUT2D eigenvalue weighted by Crippen LogP contribution is -2.34. The number of ketones is 1. The average molecular weight is 244 g/mol. The Bertz CT molecular complexity index is 454. The van der Waals surface area contributed by atoms with Gasteiger partial charge in [0.1, 0.15) is 0 Å². The minimum atomic E-state index is -1.10. The minimum Gasteiger partial charge on any atom is -0.341 e. The van der Waals surface area contributed by atoms with Crippen LogP contribution in [0.2, 0.25) is 0 Å². The van der Waals surface area contributed by atoms with E-state index < -0.39 is 5.79 Å². The van der Waals surface area contributed by atoms with Crippen LogP contribution < -0.4 is 0 Å². The zero-order chi connectivity index (χ0) is 12.8. The third kappa shape index (κ3) is 3.15. The first-order valence-corrected chi connectivity index (χ1v) is 5.93. The van der Waals surface area contributed by atoms with Gasteiger partial charge in [0.05, 0.1) is 13.2 Å². The lowest BCUT2D eigenvalue weighted by Gasteiger charge is -2.17. The van der Waals surface area contributed by atoms with E-state index in [-0.39, 0.29) is 5.78 Å². The molecule has 1 fully saturated rings. The van der Waals surface area contributed by atoms with Crippen molar-refractivity contribution >= 4 is 11.9 Å². The fourth-order valence-electron chi connectivity index (χ4n) is 1.68. The molecule has 0 atom stereocenters. The van der Waals surface area contributed by atoms with Gasteiger partial charge in [-0.25, -0.2) is 0 Å². The van der Waals surface area contributed by atoms with Crippen LogP contribution in [0.4, 0.5) is 0 Å². The number of carbonyl (C=O) groups excluding carboxylic acids is 1. The van der Waals surface area contributed by atoms with Crippen LogP contribution in [-0.4, -0.2) is 24.8 Å². The maximum Gasteiger partial charge on any atom is 0.230 e. The van der Waals surface area contributed by atoms with Crippen molar-refractivity contribution in [2.45, 2.75) is 12.7 Å². The van der Waals surface area contributed by atoms with Gasteiger partial charge in [0.25, 0.3) is 0 Å². The van der Waals surface area contributed by atoms with Crippen molar-refractivity contribution in [3.05, 3.63) is 54.1 Å². The minimum absolute atomic E-state index is 0.169. The number of carbonyl (C=O) groups is 1. The molecule has 1 saturated heterocycles. The SMILES string of the molecule is CC1(C(=O)C=CC=Cc2ccccc2)OCCO1. The molecular weight excluding hydrogens is 228 g/mol. The van der Waals surface area contributed by atoms with Gasteiger partial charge in [-0.1, -0.05) is 48.6 Å². The summed E-state index contributed by atoms with van der Waals surface area (Å²) >= 11 is 0. The van der Waals surface area contributed by atoms with Gasteiger partial charge in [-0.3, -0.25) is 4.79 Å². The summed E-state index contributed by atoms with van der Waals surface area (Å²) in [6.45, 7) is 2.58. The largest absolute Gasteiger partial charge is 0.341 e. The van der Waals surface area contributed by atoms with E-state index in [1.165, 1.54) is 6.08 Å². The molecule has 0 aliphatic carbocycles. The predicted molar refractivity (Wildman–Crippen MR) is 69.9 cm³/mol. The summed E-state index contributed by atoms with van der Waals surface area (Å²) in [7, 11) is 0. The lowest BCUT2D eigenvalue weighted by molar-refractivity contribution is -0.168. The van der Waals surface area contributed by atoms with Crippen LogP contribution in [0.5, 0.6) is 0 Å². The van der Waals surface area contributed by atoms with E-state index in [2.05, 4.69) is 0 Å². The molecule has 1 aliphatic heterocycles. The molecule has 0 N–H and O–H groups in total. The first-order chi connectivity index (χ1) is 8.71. The van der Waals surface area contributed by atoms with Gasteiger partial charge in [0, 0.05) is 0 Å². The van der Waals surface area contributed by atoms with Crippen LogP contribution in [0.1, 0.15) is 12.5 Å². The highest BCUT2D eigenvalue weighted by Crippen LogP contribution is 2.19. The first-order valence-electron chi connectivity index (χ1n) is 5.93. The Morgan fingerprint density at radius 2 is 1.83 bits per heavy atom. The second-order valence-electron chi connectivity index (χ2n) is 4.14. The Balaban J connectivity index is 1.92. The van der Waals surface area contributed by atoms with Gasteiger partial charge >= 0.3 is 0 Å². The van der Waals surface area contributed by atoms with Gasteiger partial charge in [-0.05, 0) is 18.6 Å². The maximum atomic E-state index is 11.8. The Morgan fingerprint density at radius 3 is 2.50 bits per heavy atom. The molecule has 2 rings (SSSR count). The number of rotatable bonds is 4. The number of hydrogen-bond donors (Lipinski definition) is 0. The van der Waals surface area contributed by atoms with E-state index in [1.54, 1.807) is 13.0 Å². The van der Waals surface area contributed by atoms with Crippen LogP contribution in [-0.2, 0) is 14.3 Å². The highest BCUT2D eigenvalue weighted by Gasteiger charge is 2.37. The van der Waals surface area contributed by atoms with Gasteiger partial charge in [0.15, 0.2) is 0 Å². The molecule has 0 radical (unpaired) electrons. The summed E-state index contributed by atoms with van der Waals surface area (Å²) in [5, 5.41) is 0. The van der Waals surface area contributed by atoms with Crippen molar-refractivity contribution in [2.24, 2.45) is 0 Å². The zero-order valence-corrected chi connectivity index (χ0v) is 10.3. The van der Waals surface area contributed by atoms with Crippen molar-refractivity contribution in [3.63, 3.8) is 0 Å². The van der Waals surface area contributed by atoms with E-state index in [0.29, 0.717) is 13.2 Å². The van der Waals surface area contributed by atoms with Crippen molar-refractivity contribution < 1.29 is 14.3 Å². The molecule has 1 aromatic carbocycles. The Labute approximate surface area is 107 Å². The second-order valence-corrected chi connectivity index (χ2v) is 4.14.